The molecule has 0 aliphatic heterocycles. The lowest BCUT2D eigenvalue weighted by atomic mass is 10.2. The standard InChI is InChI=1S/C12H13N3O5/c1-2-11-13-14-12(20-11)7-19-10-4-3-9(15(17)18)5-8(10)6-16/h3-5,16H,2,6-7H2,1H3. The maximum atomic E-state index is 10.6. The third kappa shape index (κ3) is 3.09. The molecule has 0 radical (unpaired) electrons. The van der Waals surface area contributed by atoms with E-state index in [1.807, 2.05) is 6.92 Å². The molecule has 2 aromatic rings. The molecule has 0 aliphatic carbocycles. The number of nitro groups is 1. The lowest BCUT2D eigenvalue weighted by Gasteiger charge is -2.07. The number of aromatic nitrogens is 2. The number of hydrogen-bond acceptors (Lipinski definition) is 7. The predicted molar refractivity (Wildman–Crippen MR) is 67.0 cm³/mol. The molecule has 20 heavy (non-hydrogen) atoms. The van der Waals surface area contributed by atoms with Crippen LogP contribution >= 0.6 is 0 Å². The highest BCUT2D eigenvalue weighted by Crippen LogP contribution is 2.24. The van der Waals surface area contributed by atoms with Gasteiger partial charge in [0.25, 0.3) is 11.6 Å². The molecule has 0 bridgehead atoms. The van der Waals surface area contributed by atoms with Gasteiger partial charge < -0.3 is 14.3 Å². The summed E-state index contributed by atoms with van der Waals surface area (Å²) in [5.74, 6) is 1.16. The van der Waals surface area contributed by atoms with Crippen LogP contribution < -0.4 is 4.74 Å². The topological polar surface area (TPSA) is 112 Å². The highest BCUT2D eigenvalue weighted by atomic mass is 16.6. The Bertz CT molecular complexity index is 611. The van der Waals surface area contributed by atoms with Gasteiger partial charge in [0.05, 0.1) is 11.5 Å². The van der Waals surface area contributed by atoms with Gasteiger partial charge >= 0.3 is 0 Å². The van der Waals surface area contributed by atoms with Crippen molar-refractivity contribution in [1.82, 2.24) is 10.2 Å². The zero-order chi connectivity index (χ0) is 14.5. The number of ether oxygens (including phenoxy) is 1. The molecule has 8 nitrogen and oxygen atoms in total. The van der Waals surface area contributed by atoms with Crippen LogP contribution in [0.1, 0.15) is 24.3 Å². The second-order valence-electron chi connectivity index (χ2n) is 3.94. The molecule has 0 unspecified atom stereocenters. The van der Waals surface area contributed by atoms with E-state index in [4.69, 9.17) is 9.15 Å². The quantitative estimate of drug-likeness (QED) is 0.631. The van der Waals surface area contributed by atoms with E-state index in [1.165, 1.54) is 18.2 Å². The van der Waals surface area contributed by atoms with E-state index < -0.39 is 4.92 Å². The summed E-state index contributed by atoms with van der Waals surface area (Å²) in [5.41, 5.74) is 0.224. The molecule has 8 heteroatoms. The van der Waals surface area contributed by atoms with Crippen molar-refractivity contribution in [2.45, 2.75) is 26.6 Å². The summed E-state index contributed by atoms with van der Waals surface area (Å²) in [6.07, 6.45) is 0.631. The molecule has 1 aromatic carbocycles. The smallest absolute Gasteiger partial charge is 0.270 e. The maximum Gasteiger partial charge on any atom is 0.270 e. The van der Waals surface area contributed by atoms with Crippen molar-refractivity contribution in [1.29, 1.82) is 0 Å². The highest BCUT2D eigenvalue weighted by molar-refractivity contribution is 5.43. The molecule has 0 atom stereocenters. The Morgan fingerprint density at radius 3 is 2.75 bits per heavy atom. The first-order chi connectivity index (χ1) is 9.63. The van der Waals surface area contributed by atoms with Crippen LogP contribution in [0.4, 0.5) is 5.69 Å². The first-order valence-electron chi connectivity index (χ1n) is 5.96. The van der Waals surface area contributed by atoms with Crippen LogP contribution in [0.2, 0.25) is 0 Å². The summed E-state index contributed by atoms with van der Waals surface area (Å²) in [6.45, 7) is 1.57. The second-order valence-corrected chi connectivity index (χ2v) is 3.94. The number of nitrogens with zero attached hydrogens (tertiary/aromatic N) is 3. The summed E-state index contributed by atoms with van der Waals surface area (Å²) in [7, 11) is 0. The van der Waals surface area contributed by atoms with Gasteiger partial charge in [-0.25, -0.2) is 0 Å². The molecule has 1 N–H and O–H groups in total. The summed E-state index contributed by atoms with van der Waals surface area (Å²) in [4.78, 5) is 10.1. The van der Waals surface area contributed by atoms with Crippen molar-refractivity contribution in [3.63, 3.8) is 0 Å². The number of nitro benzene ring substituents is 1. The van der Waals surface area contributed by atoms with Crippen LogP contribution in [0.3, 0.4) is 0 Å². The Labute approximate surface area is 114 Å². The normalized spacial score (nSPS) is 10.5. The van der Waals surface area contributed by atoms with Gasteiger partial charge in [-0.2, -0.15) is 0 Å². The van der Waals surface area contributed by atoms with Crippen LogP contribution in [-0.4, -0.2) is 20.2 Å². The molecule has 0 spiro atoms. The minimum Gasteiger partial charge on any atom is -0.483 e. The Hall–Kier alpha value is -2.48. The van der Waals surface area contributed by atoms with Gasteiger partial charge in [0.15, 0.2) is 6.61 Å². The number of aliphatic hydroxyl groups is 1. The zero-order valence-corrected chi connectivity index (χ0v) is 10.8. The van der Waals surface area contributed by atoms with Gasteiger partial charge in [0.2, 0.25) is 5.89 Å². The molecule has 0 fully saturated rings. The fourth-order valence-electron chi connectivity index (χ4n) is 1.57. The average molecular weight is 279 g/mol. The van der Waals surface area contributed by atoms with E-state index in [9.17, 15) is 15.2 Å². The number of non-ortho nitro benzene ring substituents is 1. The van der Waals surface area contributed by atoms with Gasteiger partial charge in [-0.05, 0) is 6.07 Å². The average Bonchev–Trinajstić information content (AvgIpc) is 2.92. The van der Waals surface area contributed by atoms with E-state index >= 15 is 0 Å². The van der Waals surface area contributed by atoms with Crippen molar-refractivity contribution in [2.75, 3.05) is 0 Å². The number of aryl methyl sites for hydroxylation is 1. The monoisotopic (exact) mass is 279 g/mol. The minimum absolute atomic E-state index is 0.0395. The predicted octanol–water partition coefficient (Wildman–Crippen LogP) is 1.61. The largest absolute Gasteiger partial charge is 0.483 e. The minimum atomic E-state index is -0.533. The van der Waals surface area contributed by atoms with Crippen LogP contribution in [0, 0.1) is 10.1 Å². The Kier molecular flexibility index (Phi) is 4.26. The van der Waals surface area contributed by atoms with Crippen molar-refractivity contribution < 1.29 is 19.2 Å². The van der Waals surface area contributed by atoms with E-state index in [2.05, 4.69) is 10.2 Å². The molecule has 1 heterocycles. The summed E-state index contributed by atoms with van der Waals surface area (Å²) in [5, 5.41) is 27.4. The van der Waals surface area contributed by atoms with Crippen molar-refractivity contribution in [2.24, 2.45) is 0 Å². The lowest BCUT2D eigenvalue weighted by molar-refractivity contribution is -0.385. The van der Waals surface area contributed by atoms with E-state index in [0.29, 0.717) is 29.5 Å². The molecule has 0 saturated heterocycles. The Morgan fingerprint density at radius 2 is 2.15 bits per heavy atom. The molecule has 0 amide bonds. The number of benzene rings is 1. The Balaban J connectivity index is 2.10. The Morgan fingerprint density at radius 1 is 1.40 bits per heavy atom. The summed E-state index contributed by atoms with van der Waals surface area (Å²) in [6, 6.07) is 4.00. The van der Waals surface area contributed by atoms with Gasteiger partial charge in [0, 0.05) is 24.1 Å². The first-order valence-corrected chi connectivity index (χ1v) is 5.96. The van der Waals surface area contributed by atoms with E-state index in [1.54, 1.807) is 0 Å². The number of rotatable bonds is 6. The van der Waals surface area contributed by atoms with Crippen LogP contribution in [0.5, 0.6) is 5.75 Å². The third-order valence-corrected chi connectivity index (χ3v) is 2.59. The molecule has 1 aromatic heterocycles. The number of hydrogen-bond donors (Lipinski definition) is 1. The molecule has 106 valence electrons. The van der Waals surface area contributed by atoms with Crippen molar-refractivity contribution in [3.8, 4) is 5.75 Å². The first kappa shape index (κ1) is 13.9. The van der Waals surface area contributed by atoms with Gasteiger partial charge in [0.1, 0.15) is 5.75 Å². The van der Waals surface area contributed by atoms with Crippen molar-refractivity contribution >= 4 is 5.69 Å². The molecule has 2 rings (SSSR count). The molecular formula is C12H13N3O5. The highest BCUT2D eigenvalue weighted by Gasteiger charge is 2.12. The van der Waals surface area contributed by atoms with Gasteiger partial charge in [-0.1, -0.05) is 6.92 Å². The molecule has 0 saturated carbocycles. The summed E-state index contributed by atoms with van der Waals surface area (Å²) < 4.78 is 10.7. The van der Waals surface area contributed by atoms with Gasteiger partial charge in [-0.15, -0.1) is 10.2 Å². The SMILES string of the molecule is CCc1nnc(COc2ccc([N+](=O)[O-])cc2CO)o1. The van der Waals surface area contributed by atoms with Crippen LogP contribution in [0.15, 0.2) is 22.6 Å². The number of aliphatic hydroxyl groups excluding tert-OH is 1. The van der Waals surface area contributed by atoms with Crippen LogP contribution in [-0.2, 0) is 19.6 Å². The fourth-order valence-corrected chi connectivity index (χ4v) is 1.57. The molecular weight excluding hydrogens is 266 g/mol. The molecule has 0 aliphatic rings. The lowest BCUT2D eigenvalue weighted by Crippen LogP contribution is -2.00. The van der Waals surface area contributed by atoms with Crippen LogP contribution in [0.25, 0.3) is 0 Å². The maximum absolute atomic E-state index is 10.6. The zero-order valence-electron chi connectivity index (χ0n) is 10.8. The second kappa shape index (κ2) is 6.11. The van der Waals surface area contributed by atoms with Gasteiger partial charge in [-0.3, -0.25) is 10.1 Å². The van der Waals surface area contributed by atoms with E-state index in [-0.39, 0.29) is 18.9 Å². The van der Waals surface area contributed by atoms with Crippen molar-refractivity contribution in [3.05, 3.63) is 45.7 Å². The van der Waals surface area contributed by atoms with E-state index in [0.717, 1.165) is 0 Å². The fraction of sp³-hybridized carbons (Fsp3) is 0.333. The third-order valence-electron chi connectivity index (χ3n) is 2.59. The summed E-state index contributed by atoms with van der Waals surface area (Å²) >= 11 is 0.